The number of rotatable bonds is 1. The van der Waals surface area contributed by atoms with Crippen LogP contribution in [0.3, 0.4) is 0 Å². The summed E-state index contributed by atoms with van der Waals surface area (Å²) in [6.07, 6.45) is 1.69. The second-order valence-electron chi connectivity index (χ2n) is 1.84. The van der Waals surface area contributed by atoms with Crippen LogP contribution in [0.15, 0.2) is 12.3 Å². The van der Waals surface area contributed by atoms with Crippen molar-refractivity contribution in [1.29, 1.82) is 0 Å². The molecule has 0 aliphatic rings. The number of nitrogens with two attached hydrogens (primary N) is 1. The summed E-state index contributed by atoms with van der Waals surface area (Å²) >= 11 is 8.96. The molecule has 0 spiro atoms. The first-order valence-electron chi connectivity index (χ1n) is 2.70. The molecule has 0 bridgehead atoms. The lowest BCUT2D eigenvalue weighted by atomic mass is 10.3. The Morgan fingerprint density at radius 1 is 1.70 bits per heavy atom. The van der Waals surface area contributed by atoms with Crippen LogP contribution in [0.25, 0.3) is 0 Å². The molecule has 0 aromatic carbocycles. The van der Waals surface area contributed by atoms with Gasteiger partial charge in [-0.2, -0.15) is 0 Å². The maximum Gasteiger partial charge on any atom is 0.142 e. The minimum atomic E-state index is 0.381. The van der Waals surface area contributed by atoms with E-state index in [-0.39, 0.29) is 0 Å². The standard InChI is InChI=1S/C6H6BrClN2/c7-2-4-1-5(8)6(9)10-3-4/h1,3H,2H2,(H2,9,10). The van der Waals surface area contributed by atoms with Gasteiger partial charge in [0, 0.05) is 11.5 Å². The zero-order chi connectivity index (χ0) is 7.56. The molecule has 4 heteroatoms. The van der Waals surface area contributed by atoms with Crippen molar-refractivity contribution in [3.8, 4) is 0 Å². The SMILES string of the molecule is Nc1ncc(CBr)cc1Cl. The highest BCUT2D eigenvalue weighted by Crippen LogP contribution is 2.17. The van der Waals surface area contributed by atoms with E-state index < -0.39 is 0 Å². The van der Waals surface area contributed by atoms with Crippen molar-refractivity contribution in [3.05, 3.63) is 22.8 Å². The number of anilines is 1. The Labute approximate surface area is 72.5 Å². The second kappa shape index (κ2) is 3.21. The second-order valence-corrected chi connectivity index (χ2v) is 2.81. The molecule has 1 rings (SSSR count). The Bertz CT molecular complexity index is 239. The fraction of sp³-hybridized carbons (Fsp3) is 0.167. The van der Waals surface area contributed by atoms with Gasteiger partial charge >= 0.3 is 0 Å². The van der Waals surface area contributed by atoms with Crippen LogP contribution >= 0.6 is 27.5 Å². The third-order valence-corrected chi connectivity index (χ3v) is 2.03. The molecule has 0 saturated carbocycles. The Balaban J connectivity index is 3.04. The van der Waals surface area contributed by atoms with Crippen molar-refractivity contribution in [3.63, 3.8) is 0 Å². The summed E-state index contributed by atoms with van der Waals surface area (Å²) in [6.45, 7) is 0. The molecule has 0 aliphatic heterocycles. The maximum atomic E-state index is 5.68. The highest BCUT2D eigenvalue weighted by molar-refractivity contribution is 9.08. The minimum absolute atomic E-state index is 0.381. The monoisotopic (exact) mass is 220 g/mol. The predicted molar refractivity (Wildman–Crippen MR) is 46.3 cm³/mol. The average molecular weight is 221 g/mol. The van der Waals surface area contributed by atoms with Gasteiger partial charge in [-0.25, -0.2) is 4.98 Å². The molecule has 0 aliphatic carbocycles. The maximum absolute atomic E-state index is 5.68. The predicted octanol–water partition coefficient (Wildman–Crippen LogP) is 2.21. The lowest BCUT2D eigenvalue weighted by molar-refractivity contribution is 1.27. The molecule has 10 heavy (non-hydrogen) atoms. The van der Waals surface area contributed by atoms with E-state index in [0.717, 1.165) is 10.9 Å². The van der Waals surface area contributed by atoms with Gasteiger partial charge < -0.3 is 5.73 Å². The number of halogens is 2. The van der Waals surface area contributed by atoms with Crippen LogP contribution in [0.2, 0.25) is 5.02 Å². The Morgan fingerprint density at radius 3 is 2.90 bits per heavy atom. The summed E-state index contributed by atoms with van der Waals surface area (Å²) < 4.78 is 0. The highest BCUT2D eigenvalue weighted by atomic mass is 79.9. The van der Waals surface area contributed by atoms with Crippen LogP contribution in [-0.4, -0.2) is 4.98 Å². The summed E-state index contributed by atoms with van der Waals surface area (Å²) in [5, 5.41) is 1.26. The normalized spacial score (nSPS) is 9.80. The summed E-state index contributed by atoms with van der Waals surface area (Å²) in [7, 11) is 0. The Morgan fingerprint density at radius 2 is 2.40 bits per heavy atom. The van der Waals surface area contributed by atoms with Crippen LogP contribution in [0.5, 0.6) is 0 Å². The average Bonchev–Trinajstić information content (AvgIpc) is 1.95. The van der Waals surface area contributed by atoms with Crippen molar-refractivity contribution in [2.45, 2.75) is 5.33 Å². The fourth-order valence-electron chi connectivity index (χ4n) is 0.561. The van der Waals surface area contributed by atoms with Crippen molar-refractivity contribution in [2.75, 3.05) is 5.73 Å². The van der Waals surface area contributed by atoms with Gasteiger partial charge in [-0.15, -0.1) is 0 Å². The molecule has 0 atom stereocenters. The van der Waals surface area contributed by atoms with Crippen LogP contribution in [0, 0.1) is 0 Å². The van der Waals surface area contributed by atoms with E-state index in [1.807, 2.05) is 0 Å². The van der Waals surface area contributed by atoms with Gasteiger partial charge in [-0.05, 0) is 11.6 Å². The molecule has 0 amide bonds. The minimum Gasteiger partial charge on any atom is -0.382 e. The molecular weight excluding hydrogens is 215 g/mol. The Hall–Kier alpha value is -0.280. The van der Waals surface area contributed by atoms with Gasteiger partial charge in [0.2, 0.25) is 0 Å². The van der Waals surface area contributed by atoms with Crippen molar-refractivity contribution in [2.24, 2.45) is 0 Å². The zero-order valence-corrected chi connectivity index (χ0v) is 7.48. The van der Waals surface area contributed by atoms with Gasteiger partial charge in [0.25, 0.3) is 0 Å². The molecular formula is C6H6BrClN2. The number of alkyl halides is 1. The van der Waals surface area contributed by atoms with E-state index in [2.05, 4.69) is 20.9 Å². The number of hydrogen-bond donors (Lipinski definition) is 1. The van der Waals surface area contributed by atoms with Crippen molar-refractivity contribution < 1.29 is 0 Å². The summed E-state index contributed by atoms with van der Waals surface area (Å²) in [5.41, 5.74) is 6.41. The lowest BCUT2D eigenvalue weighted by Crippen LogP contribution is -1.91. The summed E-state index contributed by atoms with van der Waals surface area (Å²) in [5.74, 6) is 0.381. The van der Waals surface area contributed by atoms with Crippen LogP contribution in [-0.2, 0) is 5.33 Å². The van der Waals surface area contributed by atoms with E-state index >= 15 is 0 Å². The quantitative estimate of drug-likeness (QED) is 0.739. The van der Waals surface area contributed by atoms with E-state index in [0.29, 0.717) is 10.8 Å². The fourth-order valence-corrected chi connectivity index (χ4v) is 1.06. The molecule has 0 unspecified atom stereocenters. The third kappa shape index (κ3) is 1.61. The van der Waals surface area contributed by atoms with Gasteiger partial charge in [-0.1, -0.05) is 27.5 Å². The molecule has 0 fully saturated rings. The first kappa shape index (κ1) is 7.82. The van der Waals surface area contributed by atoms with Crippen molar-refractivity contribution in [1.82, 2.24) is 4.98 Å². The lowest BCUT2D eigenvalue weighted by Gasteiger charge is -1.97. The van der Waals surface area contributed by atoms with E-state index in [4.69, 9.17) is 17.3 Å². The number of nitrogens with zero attached hydrogens (tertiary/aromatic N) is 1. The van der Waals surface area contributed by atoms with Crippen LogP contribution in [0.4, 0.5) is 5.82 Å². The van der Waals surface area contributed by atoms with Gasteiger partial charge in [0.1, 0.15) is 5.82 Å². The number of hydrogen-bond acceptors (Lipinski definition) is 2. The molecule has 2 N–H and O–H groups in total. The largest absolute Gasteiger partial charge is 0.382 e. The first-order valence-corrected chi connectivity index (χ1v) is 4.20. The molecule has 1 aromatic rings. The van der Waals surface area contributed by atoms with Gasteiger partial charge in [-0.3, -0.25) is 0 Å². The zero-order valence-electron chi connectivity index (χ0n) is 5.14. The number of aromatic nitrogens is 1. The van der Waals surface area contributed by atoms with Gasteiger partial charge in [0.05, 0.1) is 5.02 Å². The molecule has 0 radical (unpaired) electrons. The van der Waals surface area contributed by atoms with Crippen molar-refractivity contribution >= 4 is 33.3 Å². The highest BCUT2D eigenvalue weighted by Gasteiger charge is 1.96. The smallest absolute Gasteiger partial charge is 0.142 e. The number of pyridine rings is 1. The summed E-state index contributed by atoms with van der Waals surface area (Å²) in [6, 6.07) is 1.79. The molecule has 54 valence electrons. The molecule has 0 saturated heterocycles. The molecule has 1 aromatic heterocycles. The first-order chi connectivity index (χ1) is 4.74. The third-order valence-electron chi connectivity index (χ3n) is 1.08. The number of nitrogen functional groups attached to an aromatic ring is 1. The van der Waals surface area contributed by atoms with E-state index in [1.165, 1.54) is 0 Å². The molecule has 1 heterocycles. The Kier molecular flexibility index (Phi) is 2.51. The van der Waals surface area contributed by atoms with E-state index in [1.54, 1.807) is 12.3 Å². The van der Waals surface area contributed by atoms with Crippen LogP contribution < -0.4 is 5.73 Å². The summed E-state index contributed by atoms with van der Waals surface area (Å²) in [4.78, 5) is 3.87. The topological polar surface area (TPSA) is 38.9 Å². The van der Waals surface area contributed by atoms with E-state index in [9.17, 15) is 0 Å². The van der Waals surface area contributed by atoms with Gasteiger partial charge in [0.15, 0.2) is 0 Å². The van der Waals surface area contributed by atoms with Crippen LogP contribution in [0.1, 0.15) is 5.56 Å². The molecule has 2 nitrogen and oxygen atoms in total.